The van der Waals surface area contributed by atoms with Crippen LogP contribution in [0.25, 0.3) is 0 Å². The number of benzene rings is 1. The van der Waals surface area contributed by atoms with Gasteiger partial charge in [-0.3, -0.25) is 0 Å². The second-order valence-electron chi connectivity index (χ2n) is 2.32. The summed E-state index contributed by atoms with van der Waals surface area (Å²) in [4.78, 5) is 0. The molecule has 12 heavy (non-hydrogen) atoms. The SMILES string of the molecule is CCOc1cc(Br)ccc1CCl. The summed E-state index contributed by atoms with van der Waals surface area (Å²) in [6.07, 6.45) is 0. The summed E-state index contributed by atoms with van der Waals surface area (Å²) in [7, 11) is 0. The van der Waals surface area contributed by atoms with Crippen LogP contribution < -0.4 is 4.74 Å². The summed E-state index contributed by atoms with van der Waals surface area (Å²) in [6.45, 7) is 2.62. The molecule has 0 saturated heterocycles. The molecule has 0 aromatic heterocycles. The summed E-state index contributed by atoms with van der Waals surface area (Å²) in [6, 6.07) is 5.85. The Morgan fingerprint density at radius 3 is 2.83 bits per heavy atom. The number of halogens is 2. The molecule has 0 bridgehead atoms. The van der Waals surface area contributed by atoms with Gasteiger partial charge in [-0.05, 0) is 19.1 Å². The fourth-order valence-electron chi connectivity index (χ4n) is 0.929. The third kappa shape index (κ3) is 2.39. The average molecular weight is 250 g/mol. The molecule has 0 unspecified atom stereocenters. The van der Waals surface area contributed by atoms with E-state index >= 15 is 0 Å². The zero-order chi connectivity index (χ0) is 8.97. The molecule has 0 radical (unpaired) electrons. The Balaban J connectivity index is 2.95. The smallest absolute Gasteiger partial charge is 0.124 e. The lowest BCUT2D eigenvalue weighted by Gasteiger charge is -2.07. The molecule has 0 aliphatic heterocycles. The third-order valence-electron chi connectivity index (χ3n) is 1.47. The van der Waals surface area contributed by atoms with Crippen LogP contribution in [0.4, 0.5) is 0 Å². The van der Waals surface area contributed by atoms with E-state index in [-0.39, 0.29) is 0 Å². The Morgan fingerprint density at radius 1 is 1.50 bits per heavy atom. The molecule has 3 heteroatoms. The second-order valence-corrected chi connectivity index (χ2v) is 3.50. The maximum absolute atomic E-state index is 5.72. The first kappa shape index (κ1) is 9.87. The van der Waals surface area contributed by atoms with Crippen molar-refractivity contribution in [2.24, 2.45) is 0 Å². The Hall–Kier alpha value is -0.210. The Labute approximate surface area is 85.8 Å². The molecule has 0 atom stereocenters. The van der Waals surface area contributed by atoms with Gasteiger partial charge in [-0.25, -0.2) is 0 Å². The summed E-state index contributed by atoms with van der Waals surface area (Å²) in [5.41, 5.74) is 1.03. The maximum Gasteiger partial charge on any atom is 0.124 e. The van der Waals surface area contributed by atoms with Crippen LogP contribution in [-0.4, -0.2) is 6.61 Å². The first-order chi connectivity index (χ1) is 5.77. The summed E-state index contributed by atoms with van der Waals surface area (Å²) >= 11 is 9.10. The van der Waals surface area contributed by atoms with Gasteiger partial charge in [-0.2, -0.15) is 0 Å². The van der Waals surface area contributed by atoms with Crippen molar-refractivity contribution >= 4 is 27.5 Å². The fraction of sp³-hybridized carbons (Fsp3) is 0.333. The molecule has 1 aromatic carbocycles. The van der Waals surface area contributed by atoms with Crippen molar-refractivity contribution in [1.82, 2.24) is 0 Å². The van der Waals surface area contributed by atoms with E-state index in [1.165, 1.54) is 0 Å². The number of alkyl halides is 1. The minimum absolute atomic E-state index is 0.489. The van der Waals surface area contributed by atoms with Crippen LogP contribution in [0.1, 0.15) is 12.5 Å². The number of rotatable bonds is 3. The van der Waals surface area contributed by atoms with Crippen LogP contribution in [0.3, 0.4) is 0 Å². The zero-order valence-electron chi connectivity index (χ0n) is 6.81. The lowest BCUT2D eigenvalue weighted by molar-refractivity contribution is 0.337. The van der Waals surface area contributed by atoms with Gasteiger partial charge in [0.1, 0.15) is 5.75 Å². The zero-order valence-corrected chi connectivity index (χ0v) is 9.15. The monoisotopic (exact) mass is 248 g/mol. The van der Waals surface area contributed by atoms with Crippen LogP contribution in [0.2, 0.25) is 0 Å². The first-order valence-corrected chi connectivity index (χ1v) is 5.08. The Bertz CT molecular complexity index is 263. The van der Waals surface area contributed by atoms with Gasteiger partial charge in [0.25, 0.3) is 0 Å². The molecule has 1 rings (SSSR count). The van der Waals surface area contributed by atoms with Crippen LogP contribution in [0.5, 0.6) is 5.75 Å². The lowest BCUT2D eigenvalue weighted by Crippen LogP contribution is -1.94. The summed E-state index contributed by atoms with van der Waals surface area (Å²) in [5, 5.41) is 0. The van der Waals surface area contributed by atoms with Crippen molar-refractivity contribution in [2.45, 2.75) is 12.8 Å². The number of ether oxygens (including phenoxy) is 1. The molecular formula is C9H10BrClO. The summed E-state index contributed by atoms with van der Waals surface area (Å²) in [5.74, 6) is 1.35. The Morgan fingerprint density at radius 2 is 2.25 bits per heavy atom. The van der Waals surface area contributed by atoms with Crippen LogP contribution >= 0.6 is 27.5 Å². The minimum Gasteiger partial charge on any atom is -0.494 e. The molecule has 0 heterocycles. The molecule has 0 aliphatic rings. The van der Waals surface area contributed by atoms with Crippen molar-refractivity contribution in [3.8, 4) is 5.75 Å². The van der Waals surface area contributed by atoms with Gasteiger partial charge in [0, 0.05) is 10.0 Å². The quantitative estimate of drug-likeness (QED) is 0.744. The van der Waals surface area contributed by atoms with E-state index in [2.05, 4.69) is 15.9 Å². The van der Waals surface area contributed by atoms with Crippen LogP contribution in [-0.2, 0) is 5.88 Å². The van der Waals surface area contributed by atoms with Crippen LogP contribution in [0, 0.1) is 0 Å². The number of hydrogen-bond donors (Lipinski definition) is 0. The van der Waals surface area contributed by atoms with Gasteiger partial charge in [-0.1, -0.05) is 22.0 Å². The largest absolute Gasteiger partial charge is 0.494 e. The normalized spacial score (nSPS) is 9.92. The Kier molecular flexibility index (Phi) is 3.89. The molecular weight excluding hydrogens is 239 g/mol. The highest BCUT2D eigenvalue weighted by Crippen LogP contribution is 2.24. The van der Waals surface area contributed by atoms with Crippen molar-refractivity contribution in [1.29, 1.82) is 0 Å². The fourth-order valence-corrected chi connectivity index (χ4v) is 1.49. The average Bonchev–Trinajstić information content (AvgIpc) is 2.05. The van der Waals surface area contributed by atoms with Crippen molar-refractivity contribution in [3.63, 3.8) is 0 Å². The standard InChI is InChI=1S/C9H10BrClO/c1-2-12-9-5-8(10)4-3-7(9)6-11/h3-5H,2,6H2,1H3. The highest BCUT2D eigenvalue weighted by Gasteiger charge is 2.01. The third-order valence-corrected chi connectivity index (χ3v) is 2.25. The molecule has 0 amide bonds. The predicted octanol–water partition coefficient (Wildman–Crippen LogP) is 3.59. The van der Waals surface area contributed by atoms with E-state index in [0.29, 0.717) is 12.5 Å². The second kappa shape index (κ2) is 4.73. The topological polar surface area (TPSA) is 9.23 Å². The highest BCUT2D eigenvalue weighted by molar-refractivity contribution is 9.10. The molecule has 0 aliphatic carbocycles. The van der Waals surface area contributed by atoms with Crippen LogP contribution in [0.15, 0.2) is 22.7 Å². The molecule has 0 spiro atoms. The molecule has 0 fully saturated rings. The molecule has 0 saturated carbocycles. The van der Waals surface area contributed by atoms with Gasteiger partial charge < -0.3 is 4.74 Å². The van der Waals surface area contributed by atoms with E-state index in [4.69, 9.17) is 16.3 Å². The minimum atomic E-state index is 0.489. The van der Waals surface area contributed by atoms with E-state index in [0.717, 1.165) is 15.8 Å². The van der Waals surface area contributed by atoms with E-state index in [1.807, 2.05) is 25.1 Å². The van der Waals surface area contributed by atoms with Gasteiger partial charge >= 0.3 is 0 Å². The maximum atomic E-state index is 5.72. The van der Waals surface area contributed by atoms with Gasteiger partial charge in [-0.15, -0.1) is 11.6 Å². The van der Waals surface area contributed by atoms with E-state index in [9.17, 15) is 0 Å². The molecule has 1 aromatic rings. The lowest BCUT2D eigenvalue weighted by atomic mass is 10.2. The highest BCUT2D eigenvalue weighted by atomic mass is 79.9. The predicted molar refractivity (Wildman–Crippen MR) is 54.9 cm³/mol. The molecule has 1 nitrogen and oxygen atoms in total. The van der Waals surface area contributed by atoms with Crippen molar-refractivity contribution < 1.29 is 4.74 Å². The molecule has 66 valence electrons. The first-order valence-electron chi connectivity index (χ1n) is 3.75. The van der Waals surface area contributed by atoms with Gasteiger partial charge in [0.15, 0.2) is 0 Å². The van der Waals surface area contributed by atoms with E-state index < -0.39 is 0 Å². The summed E-state index contributed by atoms with van der Waals surface area (Å²) < 4.78 is 6.41. The van der Waals surface area contributed by atoms with Crippen molar-refractivity contribution in [3.05, 3.63) is 28.2 Å². The molecule has 0 N–H and O–H groups in total. The van der Waals surface area contributed by atoms with Gasteiger partial charge in [0.05, 0.1) is 12.5 Å². The van der Waals surface area contributed by atoms with Crippen molar-refractivity contribution in [2.75, 3.05) is 6.61 Å². The van der Waals surface area contributed by atoms with E-state index in [1.54, 1.807) is 0 Å². The number of hydrogen-bond acceptors (Lipinski definition) is 1. The van der Waals surface area contributed by atoms with Gasteiger partial charge in [0.2, 0.25) is 0 Å².